The zero-order valence-electron chi connectivity index (χ0n) is 25.3. The SMILES string of the molecule is CN(C)CCN(C)C(=O)c1ccc(N2CCC(CC3CCN(C(=O)[C@H](O)c4ccccc4)CC3)CC2)cc1Cl.FC(F)F. The number of amides is 2. The Labute approximate surface area is 258 Å². The number of hydrogen-bond donors (Lipinski definition) is 1. The van der Waals surface area contributed by atoms with Crippen molar-refractivity contribution in [2.24, 2.45) is 11.8 Å². The van der Waals surface area contributed by atoms with Crippen molar-refractivity contribution in [1.82, 2.24) is 14.7 Å². The molecule has 43 heavy (non-hydrogen) atoms. The number of nitrogens with zero attached hydrogens (tertiary/aromatic N) is 4. The molecule has 0 saturated carbocycles. The van der Waals surface area contributed by atoms with Gasteiger partial charge in [-0.25, -0.2) is 0 Å². The minimum absolute atomic E-state index is 0.0468. The summed E-state index contributed by atoms with van der Waals surface area (Å²) in [5.74, 6) is 1.09. The predicted molar refractivity (Wildman–Crippen MR) is 164 cm³/mol. The number of alkyl halides is 3. The van der Waals surface area contributed by atoms with Crippen LogP contribution >= 0.6 is 11.6 Å². The van der Waals surface area contributed by atoms with Crippen molar-refractivity contribution in [3.63, 3.8) is 0 Å². The van der Waals surface area contributed by atoms with Gasteiger partial charge in [0.2, 0.25) is 0 Å². The zero-order valence-corrected chi connectivity index (χ0v) is 26.0. The fourth-order valence-electron chi connectivity index (χ4n) is 5.77. The third-order valence-corrected chi connectivity index (χ3v) is 8.65. The van der Waals surface area contributed by atoms with Crippen LogP contribution in [0, 0.1) is 11.8 Å². The highest BCUT2D eigenvalue weighted by atomic mass is 35.5. The van der Waals surface area contributed by atoms with Gasteiger partial charge in [-0.3, -0.25) is 9.59 Å². The summed E-state index contributed by atoms with van der Waals surface area (Å²) >= 11 is 6.57. The van der Waals surface area contributed by atoms with Crippen LogP contribution in [0.3, 0.4) is 0 Å². The summed E-state index contributed by atoms with van der Waals surface area (Å²) in [4.78, 5) is 33.6. The topological polar surface area (TPSA) is 67.3 Å². The molecule has 2 aromatic rings. The molecule has 2 heterocycles. The second kappa shape index (κ2) is 16.9. The Balaban J connectivity index is 0.00000119. The fourth-order valence-corrected chi connectivity index (χ4v) is 6.03. The minimum Gasteiger partial charge on any atom is -0.378 e. The molecule has 0 radical (unpaired) electrons. The summed E-state index contributed by atoms with van der Waals surface area (Å²) in [7, 11) is 5.80. The van der Waals surface area contributed by atoms with Gasteiger partial charge in [-0.15, -0.1) is 0 Å². The van der Waals surface area contributed by atoms with Gasteiger partial charge in [0.25, 0.3) is 11.8 Å². The molecule has 11 heteroatoms. The number of hydrogen-bond acceptors (Lipinski definition) is 5. The molecular weight excluding hydrogens is 581 g/mol. The van der Waals surface area contributed by atoms with Crippen molar-refractivity contribution in [1.29, 1.82) is 0 Å². The van der Waals surface area contributed by atoms with E-state index in [1.54, 1.807) is 17.0 Å². The molecule has 7 nitrogen and oxygen atoms in total. The van der Waals surface area contributed by atoms with Crippen molar-refractivity contribution in [2.75, 3.05) is 65.3 Å². The van der Waals surface area contributed by atoms with Crippen LogP contribution in [0.15, 0.2) is 48.5 Å². The molecule has 0 bridgehead atoms. The number of rotatable bonds is 9. The third-order valence-electron chi connectivity index (χ3n) is 8.33. The highest BCUT2D eigenvalue weighted by Gasteiger charge is 2.30. The molecule has 2 aliphatic heterocycles. The quantitative estimate of drug-likeness (QED) is 0.386. The largest absolute Gasteiger partial charge is 0.379 e. The maximum Gasteiger partial charge on any atom is 0.379 e. The Bertz CT molecular complexity index is 1160. The maximum absolute atomic E-state index is 12.8. The van der Waals surface area contributed by atoms with Gasteiger partial charge >= 0.3 is 6.68 Å². The first-order valence-electron chi connectivity index (χ1n) is 14.8. The van der Waals surface area contributed by atoms with E-state index in [9.17, 15) is 27.9 Å². The Morgan fingerprint density at radius 1 is 0.907 bits per heavy atom. The van der Waals surface area contributed by atoms with Gasteiger partial charge in [0.1, 0.15) is 0 Å². The van der Waals surface area contributed by atoms with Gasteiger partial charge in [-0.05, 0) is 81.8 Å². The molecule has 0 unspecified atom stereocenters. The number of likely N-dealkylation sites (N-methyl/N-ethyl adjacent to an activating group) is 2. The molecular formula is C32H44ClF3N4O3. The molecule has 2 aromatic carbocycles. The lowest BCUT2D eigenvalue weighted by Crippen LogP contribution is -2.42. The Kier molecular flexibility index (Phi) is 13.6. The first-order chi connectivity index (χ1) is 20.5. The molecule has 4 rings (SSSR count). The van der Waals surface area contributed by atoms with E-state index in [0.717, 1.165) is 64.1 Å². The molecule has 2 fully saturated rings. The maximum atomic E-state index is 12.8. The molecule has 238 valence electrons. The van der Waals surface area contributed by atoms with Crippen LogP contribution in [0.4, 0.5) is 18.9 Å². The average molecular weight is 625 g/mol. The van der Waals surface area contributed by atoms with E-state index in [1.807, 2.05) is 62.4 Å². The van der Waals surface area contributed by atoms with E-state index in [-0.39, 0.29) is 11.8 Å². The number of piperidine rings is 2. The standard InChI is InChI=1S/C31H43ClN4O3.CHF3/c1-33(2)19-20-34(3)30(38)27-10-9-26(22-28(27)32)35-15-11-23(12-16-35)21-24-13-17-36(18-14-24)31(39)29(37)25-7-5-4-6-8-25;2-1(3)4/h4-10,22-24,29,37H,11-21H2,1-3H3;1H/t29-;/m1./s1. The van der Waals surface area contributed by atoms with Gasteiger partial charge in [0.05, 0.1) is 10.6 Å². The van der Waals surface area contributed by atoms with E-state index >= 15 is 0 Å². The van der Waals surface area contributed by atoms with Gasteiger partial charge < -0.3 is 24.7 Å². The molecule has 0 aliphatic carbocycles. The molecule has 1 N–H and O–H groups in total. The molecule has 0 spiro atoms. The summed E-state index contributed by atoms with van der Waals surface area (Å²) in [5, 5.41) is 11.0. The van der Waals surface area contributed by atoms with Crippen LogP contribution in [0.25, 0.3) is 0 Å². The Morgan fingerprint density at radius 2 is 1.47 bits per heavy atom. The lowest BCUT2D eigenvalue weighted by Gasteiger charge is -2.38. The first kappa shape index (κ1) is 34.7. The number of benzene rings is 2. The molecule has 2 aliphatic rings. The van der Waals surface area contributed by atoms with Crippen LogP contribution in [0.5, 0.6) is 0 Å². The Hall–Kier alpha value is -2.82. The van der Waals surface area contributed by atoms with Crippen molar-refractivity contribution in [3.8, 4) is 0 Å². The number of likely N-dealkylation sites (tertiary alicyclic amines) is 1. The number of halogens is 4. The highest BCUT2D eigenvalue weighted by Crippen LogP contribution is 2.33. The number of carbonyl (C=O) groups excluding carboxylic acids is 2. The predicted octanol–water partition coefficient (Wildman–Crippen LogP) is 5.73. The minimum atomic E-state index is -3.67. The van der Waals surface area contributed by atoms with Crippen molar-refractivity contribution in [3.05, 3.63) is 64.7 Å². The van der Waals surface area contributed by atoms with Crippen LogP contribution in [-0.4, -0.2) is 98.7 Å². The van der Waals surface area contributed by atoms with Crippen LogP contribution in [0.2, 0.25) is 5.02 Å². The summed E-state index contributed by atoms with van der Waals surface area (Å²) in [6.45, 7) is 1.21. The van der Waals surface area contributed by atoms with Gasteiger partial charge in [-0.1, -0.05) is 41.9 Å². The van der Waals surface area contributed by atoms with Gasteiger partial charge in [0.15, 0.2) is 6.10 Å². The van der Waals surface area contributed by atoms with E-state index in [0.29, 0.717) is 34.5 Å². The normalized spacial score (nSPS) is 17.1. The summed E-state index contributed by atoms with van der Waals surface area (Å²) < 4.78 is 29.0. The molecule has 1 atom stereocenters. The van der Waals surface area contributed by atoms with E-state index in [1.165, 1.54) is 6.42 Å². The number of carbonyl (C=O) groups is 2. The van der Waals surface area contributed by atoms with E-state index in [2.05, 4.69) is 9.80 Å². The van der Waals surface area contributed by atoms with Crippen molar-refractivity contribution < 1.29 is 27.9 Å². The summed E-state index contributed by atoms with van der Waals surface area (Å²) in [5.41, 5.74) is 2.29. The first-order valence-corrected chi connectivity index (χ1v) is 15.2. The fraction of sp³-hybridized carbons (Fsp3) is 0.562. The molecule has 0 aromatic heterocycles. The smallest absolute Gasteiger partial charge is 0.378 e. The average Bonchev–Trinajstić information content (AvgIpc) is 2.99. The molecule has 2 amide bonds. The number of anilines is 1. The third kappa shape index (κ3) is 10.7. The second-order valence-electron chi connectivity index (χ2n) is 11.7. The van der Waals surface area contributed by atoms with Gasteiger partial charge in [-0.2, -0.15) is 13.2 Å². The van der Waals surface area contributed by atoms with Crippen molar-refractivity contribution >= 4 is 29.1 Å². The number of aliphatic hydroxyl groups excluding tert-OH is 1. The van der Waals surface area contributed by atoms with Crippen LogP contribution in [-0.2, 0) is 4.79 Å². The van der Waals surface area contributed by atoms with Crippen LogP contribution < -0.4 is 4.90 Å². The zero-order chi connectivity index (χ0) is 31.5. The lowest BCUT2D eigenvalue weighted by atomic mass is 9.82. The summed E-state index contributed by atoms with van der Waals surface area (Å²) in [6.07, 6.45) is 4.40. The monoisotopic (exact) mass is 624 g/mol. The van der Waals surface area contributed by atoms with Crippen LogP contribution in [0.1, 0.15) is 54.1 Å². The van der Waals surface area contributed by atoms with E-state index < -0.39 is 12.8 Å². The second-order valence-corrected chi connectivity index (χ2v) is 12.1. The summed E-state index contributed by atoms with van der Waals surface area (Å²) in [6, 6.07) is 15.0. The van der Waals surface area contributed by atoms with Gasteiger partial charge in [0, 0.05) is 52.0 Å². The van der Waals surface area contributed by atoms with Crippen molar-refractivity contribution in [2.45, 2.75) is 44.9 Å². The molecule has 2 saturated heterocycles. The number of aliphatic hydroxyl groups is 1. The van der Waals surface area contributed by atoms with E-state index in [4.69, 9.17) is 11.6 Å². The highest BCUT2D eigenvalue weighted by molar-refractivity contribution is 6.34. The Morgan fingerprint density at radius 3 is 2.00 bits per heavy atom. The lowest BCUT2D eigenvalue weighted by molar-refractivity contribution is -0.142.